The lowest BCUT2D eigenvalue weighted by Gasteiger charge is -2.17. The van der Waals surface area contributed by atoms with Gasteiger partial charge in [0.05, 0.1) is 29.3 Å². The molecule has 0 radical (unpaired) electrons. The van der Waals surface area contributed by atoms with Gasteiger partial charge in [0, 0.05) is 19.6 Å². The van der Waals surface area contributed by atoms with Gasteiger partial charge in [-0.3, -0.25) is 0 Å². The molecule has 0 saturated carbocycles. The molecule has 0 saturated heterocycles. The van der Waals surface area contributed by atoms with Crippen molar-refractivity contribution in [3.63, 3.8) is 0 Å². The van der Waals surface area contributed by atoms with Gasteiger partial charge in [0.1, 0.15) is 5.75 Å². The molecule has 19 heavy (non-hydrogen) atoms. The molecule has 3 nitrogen and oxygen atoms in total. The number of hydrogen-bond acceptors (Lipinski definition) is 2. The zero-order chi connectivity index (χ0) is 13.6. The van der Waals surface area contributed by atoms with E-state index in [2.05, 4.69) is 5.32 Å². The molecule has 1 aromatic heterocycles. The van der Waals surface area contributed by atoms with Gasteiger partial charge in [-0.1, -0.05) is 6.07 Å². The maximum absolute atomic E-state index is 13.1. The number of fused-ring (bicyclic) bond motifs is 3. The minimum Gasteiger partial charge on any atom is -0.494 e. The molecular weight excluding hydrogens is 257 g/mol. The number of hydrogen-bond donors (Lipinski definition) is 1. The van der Waals surface area contributed by atoms with Crippen LogP contribution in [0.25, 0.3) is 10.9 Å². The van der Waals surface area contributed by atoms with Gasteiger partial charge in [0.2, 0.25) is 0 Å². The monoisotopic (exact) mass is 270 g/mol. The Hall–Kier alpha value is -1.69. The molecule has 0 fully saturated rings. The molecule has 0 unspecified atom stereocenters. The fraction of sp³-hybridized carbons (Fsp3) is 0.385. The molecule has 1 N–H and O–H groups in total. The van der Waals surface area contributed by atoms with Crippen LogP contribution in [0.2, 0.25) is 0 Å². The van der Waals surface area contributed by atoms with Crippen molar-refractivity contribution >= 4 is 10.9 Å². The Morgan fingerprint density at radius 2 is 2.11 bits per heavy atom. The van der Waals surface area contributed by atoms with E-state index in [9.17, 15) is 13.2 Å². The molecule has 1 aromatic carbocycles. The highest BCUT2D eigenvalue weighted by Crippen LogP contribution is 2.42. The zero-order valence-corrected chi connectivity index (χ0v) is 10.3. The second kappa shape index (κ2) is 4.16. The van der Waals surface area contributed by atoms with Gasteiger partial charge >= 0.3 is 6.18 Å². The standard InChI is InChI=1S/C13H13F3N2O/c1-19-12-10-7-17-5-6-18(10)9-4-2-3-8(11(9)12)13(14,15)16/h2-4,17H,5-7H2,1H3. The Morgan fingerprint density at radius 1 is 1.32 bits per heavy atom. The highest BCUT2D eigenvalue weighted by molar-refractivity contribution is 5.92. The lowest BCUT2D eigenvalue weighted by Crippen LogP contribution is -2.27. The minimum absolute atomic E-state index is 0.163. The van der Waals surface area contributed by atoms with Crippen LogP contribution in [0.15, 0.2) is 18.2 Å². The number of nitrogens with zero attached hydrogens (tertiary/aromatic N) is 1. The Kier molecular flexibility index (Phi) is 2.70. The fourth-order valence-corrected chi connectivity index (χ4v) is 2.70. The largest absolute Gasteiger partial charge is 0.494 e. The topological polar surface area (TPSA) is 26.2 Å². The minimum atomic E-state index is -4.38. The van der Waals surface area contributed by atoms with Crippen molar-refractivity contribution in [3.05, 3.63) is 29.5 Å². The second-order valence-electron chi connectivity index (χ2n) is 4.51. The summed E-state index contributed by atoms with van der Waals surface area (Å²) in [5.74, 6) is 0.329. The average Bonchev–Trinajstić information content (AvgIpc) is 2.71. The molecule has 0 spiro atoms. The first-order valence-corrected chi connectivity index (χ1v) is 6.00. The lowest BCUT2D eigenvalue weighted by atomic mass is 10.1. The summed E-state index contributed by atoms with van der Waals surface area (Å²) in [5.41, 5.74) is 0.729. The van der Waals surface area contributed by atoms with Crippen molar-refractivity contribution in [3.8, 4) is 5.75 Å². The van der Waals surface area contributed by atoms with Crippen molar-refractivity contribution in [2.75, 3.05) is 13.7 Å². The molecule has 2 heterocycles. The van der Waals surface area contributed by atoms with E-state index < -0.39 is 11.7 Å². The maximum atomic E-state index is 13.1. The predicted octanol–water partition coefficient (Wildman–Crippen LogP) is 2.77. The maximum Gasteiger partial charge on any atom is 0.417 e. The smallest absolute Gasteiger partial charge is 0.417 e. The van der Waals surface area contributed by atoms with Gasteiger partial charge in [-0.05, 0) is 12.1 Å². The number of aromatic nitrogens is 1. The number of ether oxygens (including phenoxy) is 1. The van der Waals surface area contributed by atoms with Gasteiger partial charge in [-0.15, -0.1) is 0 Å². The van der Waals surface area contributed by atoms with E-state index in [4.69, 9.17) is 4.74 Å². The van der Waals surface area contributed by atoms with E-state index >= 15 is 0 Å². The molecule has 0 bridgehead atoms. The summed E-state index contributed by atoms with van der Waals surface area (Å²) in [6.45, 7) is 1.92. The van der Waals surface area contributed by atoms with Gasteiger partial charge in [-0.25, -0.2) is 0 Å². The van der Waals surface area contributed by atoms with Crippen molar-refractivity contribution in [1.82, 2.24) is 9.88 Å². The Labute approximate surface area is 108 Å². The quantitative estimate of drug-likeness (QED) is 0.862. The summed E-state index contributed by atoms with van der Waals surface area (Å²) >= 11 is 0. The molecule has 1 aliphatic heterocycles. The number of halogens is 3. The summed E-state index contributed by atoms with van der Waals surface area (Å²) in [6.07, 6.45) is -4.38. The van der Waals surface area contributed by atoms with Crippen LogP contribution >= 0.6 is 0 Å². The molecule has 0 aliphatic carbocycles. The Balaban J connectivity index is 2.40. The predicted molar refractivity (Wildman–Crippen MR) is 65.2 cm³/mol. The molecule has 0 amide bonds. The van der Waals surface area contributed by atoms with Crippen molar-refractivity contribution in [1.29, 1.82) is 0 Å². The first kappa shape index (κ1) is 12.3. The highest BCUT2D eigenvalue weighted by Gasteiger charge is 2.35. The van der Waals surface area contributed by atoms with E-state index in [0.29, 0.717) is 24.4 Å². The lowest BCUT2D eigenvalue weighted by molar-refractivity contribution is -0.136. The molecule has 1 aliphatic rings. The van der Waals surface area contributed by atoms with Crippen LogP contribution in [-0.2, 0) is 19.3 Å². The molecular formula is C13H13F3N2O. The van der Waals surface area contributed by atoms with Crippen LogP contribution in [0.5, 0.6) is 5.75 Å². The van der Waals surface area contributed by atoms with E-state index in [1.165, 1.54) is 13.2 Å². The average molecular weight is 270 g/mol. The summed E-state index contributed by atoms with van der Waals surface area (Å²) in [4.78, 5) is 0. The van der Waals surface area contributed by atoms with Gasteiger partial charge in [0.25, 0.3) is 0 Å². The Bertz CT molecular complexity index is 631. The van der Waals surface area contributed by atoms with Crippen molar-refractivity contribution in [2.24, 2.45) is 0 Å². The normalized spacial score (nSPS) is 15.6. The van der Waals surface area contributed by atoms with Crippen LogP contribution < -0.4 is 10.1 Å². The van der Waals surface area contributed by atoms with E-state index in [-0.39, 0.29) is 5.39 Å². The summed E-state index contributed by atoms with van der Waals surface area (Å²) < 4.78 is 46.5. The van der Waals surface area contributed by atoms with Crippen molar-refractivity contribution in [2.45, 2.75) is 19.3 Å². The zero-order valence-electron chi connectivity index (χ0n) is 10.3. The van der Waals surface area contributed by atoms with Crippen LogP contribution in [0.4, 0.5) is 13.2 Å². The van der Waals surface area contributed by atoms with Gasteiger partial charge < -0.3 is 14.6 Å². The Morgan fingerprint density at radius 3 is 2.79 bits per heavy atom. The fourth-order valence-electron chi connectivity index (χ4n) is 2.70. The van der Waals surface area contributed by atoms with Crippen LogP contribution in [0, 0.1) is 0 Å². The molecule has 0 atom stereocenters. The van der Waals surface area contributed by atoms with Crippen LogP contribution in [-0.4, -0.2) is 18.2 Å². The first-order chi connectivity index (χ1) is 9.04. The number of nitrogens with one attached hydrogen (secondary N) is 1. The van der Waals surface area contributed by atoms with Crippen LogP contribution in [0.1, 0.15) is 11.3 Å². The van der Waals surface area contributed by atoms with Crippen LogP contribution in [0.3, 0.4) is 0 Å². The molecule has 102 valence electrons. The summed E-state index contributed by atoms with van der Waals surface area (Å²) in [5, 5.41) is 3.32. The summed E-state index contributed by atoms with van der Waals surface area (Å²) in [6, 6.07) is 4.26. The SMILES string of the molecule is COc1c2n(c3cccc(C(F)(F)F)c13)CCNC2. The molecule has 6 heteroatoms. The number of rotatable bonds is 1. The van der Waals surface area contributed by atoms with E-state index in [0.717, 1.165) is 18.3 Å². The third kappa shape index (κ3) is 1.78. The van der Waals surface area contributed by atoms with Gasteiger partial charge in [-0.2, -0.15) is 13.2 Å². The molecule has 2 aromatic rings. The van der Waals surface area contributed by atoms with E-state index in [1.54, 1.807) is 6.07 Å². The highest BCUT2D eigenvalue weighted by atomic mass is 19.4. The van der Waals surface area contributed by atoms with Gasteiger partial charge in [0.15, 0.2) is 0 Å². The third-order valence-corrected chi connectivity index (χ3v) is 3.46. The number of benzene rings is 1. The summed E-state index contributed by atoms with van der Waals surface area (Å²) in [7, 11) is 1.41. The number of methoxy groups -OCH3 is 1. The number of alkyl halides is 3. The van der Waals surface area contributed by atoms with E-state index in [1.807, 2.05) is 4.57 Å². The molecule has 3 rings (SSSR count). The third-order valence-electron chi connectivity index (χ3n) is 3.46. The first-order valence-electron chi connectivity index (χ1n) is 6.00. The van der Waals surface area contributed by atoms with Crippen molar-refractivity contribution < 1.29 is 17.9 Å². The second-order valence-corrected chi connectivity index (χ2v) is 4.51.